The van der Waals surface area contributed by atoms with Crippen LogP contribution in [0.3, 0.4) is 0 Å². The molecule has 4 nitrogen and oxygen atoms in total. The highest BCUT2D eigenvalue weighted by molar-refractivity contribution is 8.19. The Morgan fingerprint density at radius 1 is 1.00 bits per heavy atom. The SMILES string of the molecule is Cc1cccc(N2CCN(CCCCNC(=O)c3ccc(C4SCCS4)cc3)CC2)c1. The molecule has 2 heterocycles. The number of thioether (sulfide) groups is 2. The molecule has 0 aromatic heterocycles. The summed E-state index contributed by atoms with van der Waals surface area (Å²) in [6.45, 7) is 8.43. The Hall–Kier alpha value is -1.63. The van der Waals surface area contributed by atoms with E-state index in [4.69, 9.17) is 0 Å². The first-order chi connectivity index (χ1) is 15.2. The summed E-state index contributed by atoms with van der Waals surface area (Å²) in [6, 6.07) is 17.0. The number of nitrogens with one attached hydrogen (secondary N) is 1. The van der Waals surface area contributed by atoms with Gasteiger partial charge in [0.25, 0.3) is 5.91 Å². The zero-order chi connectivity index (χ0) is 21.5. The van der Waals surface area contributed by atoms with Gasteiger partial charge in [0.1, 0.15) is 0 Å². The maximum atomic E-state index is 12.4. The fourth-order valence-corrected chi connectivity index (χ4v) is 7.02. The Morgan fingerprint density at radius 2 is 1.74 bits per heavy atom. The average Bonchev–Trinajstić information content (AvgIpc) is 3.34. The van der Waals surface area contributed by atoms with Gasteiger partial charge in [0, 0.05) is 55.5 Å². The Bertz CT molecular complexity index is 844. The predicted molar refractivity (Wildman–Crippen MR) is 135 cm³/mol. The number of aryl methyl sites for hydroxylation is 1. The molecule has 2 aliphatic rings. The van der Waals surface area contributed by atoms with Crippen LogP contribution in [0.4, 0.5) is 5.69 Å². The minimum Gasteiger partial charge on any atom is -0.369 e. The number of unbranched alkanes of at least 4 members (excludes halogenated alkanes) is 1. The molecule has 2 aliphatic heterocycles. The smallest absolute Gasteiger partial charge is 0.251 e. The average molecular weight is 456 g/mol. The quantitative estimate of drug-likeness (QED) is 0.578. The monoisotopic (exact) mass is 455 g/mol. The lowest BCUT2D eigenvalue weighted by atomic mass is 10.1. The van der Waals surface area contributed by atoms with E-state index >= 15 is 0 Å². The first-order valence-electron chi connectivity index (χ1n) is 11.3. The second kappa shape index (κ2) is 11.3. The van der Waals surface area contributed by atoms with Crippen molar-refractivity contribution in [2.45, 2.75) is 24.3 Å². The highest BCUT2D eigenvalue weighted by Crippen LogP contribution is 2.45. The van der Waals surface area contributed by atoms with E-state index in [2.05, 4.69) is 58.4 Å². The highest BCUT2D eigenvalue weighted by Gasteiger charge is 2.19. The summed E-state index contributed by atoms with van der Waals surface area (Å²) in [5.41, 5.74) is 4.76. The van der Waals surface area contributed by atoms with Gasteiger partial charge in [-0.25, -0.2) is 0 Å². The summed E-state index contributed by atoms with van der Waals surface area (Å²) in [6.07, 6.45) is 2.15. The van der Waals surface area contributed by atoms with Crippen LogP contribution in [-0.4, -0.2) is 61.6 Å². The summed E-state index contributed by atoms with van der Waals surface area (Å²) in [7, 11) is 0. The molecular formula is C25H33N3OS2. The van der Waals surface area contributed by atoms with Gasteiger partial charge in [-0.15, -0.1) is 23.5 Å². The molecular weight excluding hydrogens is 422 g/mol. The lowest BCUT2D eigenvalue weighted by Crippen LogP contribution is -2.46. The number of carbonyl (C=O) groups is 1. The molecule has 0 saturated carbocycles. The summed E-state index contributed by atoms with van der Waals surface area (Å²) in [5.74, 6) is 2.49. The Balaban J connectivity index is 1.11. The number of carbonyl (C=O) groups excluding carboxylic acids is 1. The molecule has 0 aliphatic carbocycles. The van der Waals surface area contributed by atoms with Crippen LogP contribution in [0.15, 0.2) is 48.5 Å². The van der Waals surface area contributed by atoms with Crippen molar-refractivity contribution in [2.75, 3.05) is 55.7 Å². The number of hydrogen-bond acceptors (Lipinski definition) is 5. The van der Waals surface area contributed by atoms with E-state index in [-0.39, 0.29) is 5.91 Å². The van der Waals surface area contributed by atoms with Gasteiger partial charge in [0.2, 0.25) is 0 Å². The van der Waals surface area contributed by atoms with Gasteiger partial charge in [0.15, 0.2) is 0 Å². The molecule has 0 spiro atoms. The fraction of sp³-hybridized carbons (Fsp3) is 0.480. The van der Waals surface area contributed by atoms with E-state index in [1.807, 2.05) is 35.7 Å². The van der Waals surface area contributed by atoms with Gasteiger partial charge in [-0.1, -0.05) is 24.3 Å². The molecule has 4 rings (SSSR count). The maximum Gasteiger partial charge on any atom is 0.251 e. The van der Waals surface area contributed by atoms with Crippen LogP contribution < -0.4 is 10.2 Å². The van der Waals surface area contributed by atoms with Gasteiger partial charge in [-0.3, -0.25) is 9.69 Å². The van der Waals surface area contributed by atoms with Crippen molar-refractivity contribution in [3.8, 4) is 0 Å². The molecule has 0 atom stereocenters. The van der Waals surface area contributed by atoms with E-state index in [1.165, 1.54) is 28.3 Å². The van der Waals surface area contributed by atoms with Gasteiger partial charge in [-0.2, -0.15) is 0 Å². The highest BCUT2D eigenvalue weighted by atomic mass is 32.2. The van der Waals surface area contributed by atoms with Crippen LogP contribution in [0.1, 0.15) is 38.9 Å². The largest absolute Gasteiger partial charge is 0.369 e. The zero-order valence-corrected chi connectivity index (χ0v) is 20.0. The van der Waals surface area contributed by atoms with Crippen LogP contribution in [0.25, 0.3) is 0 Å². The van der Waals surface area contributed by atoms with E-state index < -0.39 is 0 Å². The number of nitrogens with zero attached hydrogens (tertiary/aromatic N) is 2. The topological polar surface area (TPSA) is 35.6 Å². The summed E-state index contributed by atoms with van der Waals surface area (Å²) in [5, 5.41) is 3.08. The molecule has 0 unspecified atom stereocenters. The Morgan fingerprint density at radius 3 is 2.45 bits per heavy atom. The molecule has 0 bridgehead atoms. The van der Waals surface area contributed by atoms with Crippen molar-refractivity contribution in [3.63, 3.8) is 0 Å². The van der Waals surface area contributed by atoms with Crippen molar-refractivity contribution >= 4 is 35.1 Å². The number of anilines is 1. The van der Waals surface area contributed by atoms with E-state index in [1.54, 1.807) is 0 Å². The van der Waals surface area contributed by atoms with E-state index in [0.29, 0.717) is 4.58 Å². The van der Waals surface area contributed by atoms with Crippen LogP contribution in [-0.2, 0) is 0 Å². The van der Waals surface area contributed by atoms with Crippen LogP contribution in [0, 0.1) is 6.92 Å². The van der Waals surface area contributed by atoms with Crippen molar-refractivity contribution < 1.29 is 4.79 Å². The second-order valence-corrected chi connectivity index (χ2v) is 11.1. The summed E-state index contributed by atoms with van der Waals surface area (Å²) < 4.78 is 0.538. The number of piperazine rings is 1. The van der Waals surface area contributed by atoms with Crippen molar-refractivity contribution in [2.24, 2.45) is 0 Å². The van der Waals surface area contributed by atoms with Crippen LogP contribution in [0.2, 0.25) is 0 Å². The van der Waals surface area contributed by atoms with Crippen molar-refractivity contribution in [1.82, 2.24) is 10.2 Å². The van der Waals surface area contributed by atoms with Crippen molar-refractivity contribution in [1.29, 1.82) is 0 Å². The molecule has 2 aromatic rings. The number of hydrogen-bond donors (Lipinski definition) is 1. The van der Waals surface area contributed by atoms with Gasteiger partial charge < -0.3 is 10.2 Å². The van der Waals surface area contributed by atoms with Crippen LogP contribution in [0.5, 0.6) is 0 Å². The zero-order valence-electron chi connectivity index (χ0n) is 18.4. The van der Waals surface area contributed by atoms with Gasteiger partial charge in [0.05, 0.1) is 4.58 Å². The third-order valence-corrected chi connectivity index (χ3v) is 9.10. The maximum absolute atomic E-state index is 12.4. The molecule has 1 N–H and O–H groups in total. The normalized spacial score (nSPS) is 17.8. The predicted octanol–water partition coefficient (Wildman–Crippen LogP) is 4.81. The third-order valence-electron chi connectivity index (χ3n) is 5.99. The van der Waals surface area contributed by atoms with Crippen LogP contribution >= 0.6 is 23.5 Å². The number of rotatable bonds is 8. The lowest BCUT2D eigenvalue weighted by molar-refractivity contribution is 0.0952. The number of benzene rings is 2. The standard InChI is InChI=1S/C25H33N3OS2/c1-20-5-4-6-23(19-20)28-15-13-27(14-16-28)12-3-2-11-26-24(29)21-7-9-22(10-8-21)25-30-17-18-31-25/h4-10,19,25H,2-3,11-18H2,1H3,(H,26,29). The summed E-state index contributed by atoms with van der Waals surface area (Å²) in [4.78, 5) is 17.4. The lowest BCUT2D eigenvalue weighted by Gasteiger charge is -2.36. The van der Waals surface area contributed by atoms with Gasteiger partial charge >= 0.3 is 0 Å². The molecule has 1 amide bonds. The van der Waals surface area contributed by atoms with Crippen molar-refractivity contribution in [3.05, 3.63) is 65.2 Å². The first kappa shape index (κ1) is 22.6. The fourth-order valence-electron chi connectivity index (χ4n) is 4.16. The molecule has 166 valence electrons. The third kappa shape index (κ3) is 6.43. The number of amides is 1. The molecule has 31 heavy (non-hydrogen) atoms. The molecule has 2 fully saturated rings. The molecule has 2 aromatic carbocycles. The second-order valence-electron chi connectivity index (χ2n) is 8.33. The van der Waals surface area contributed by atoms with E-state index in [9.17, 15) is 4.79 Å². The summed E-state index contributed by atoms with van der Waals surface area (Å²) >= 11 is 3.99. The first-order valence-corrected chi connectivity index (χ1v) is 13.4. The molecule has 6 heteroatoms. The Labute approximate surface area is 195 Å². The molecule has 0 radical (unpaired) electrons. The minimum atomic E-state index is 0.0463. The Kier molecular flexibility index (Phi) is 8.22. The molecule has 2 saturated heterocycles. The minimum absolute atomic E-state index is 0.0463. The van der Waals surface area contributed by atoms with E-state index in [0.717, 1.165) is 57.7 Å². The van der Waals surface area contributed by atoms with Gasteiger partial charge in [-0.05, 0) is 61.7 Å².